The molecule has 7 heteroatoms. The quantitative estimate of drug-likeness (QED) is 0.373. The summed E-state index contributed by atoms with van der Waals surface area (Å²) in [7, 11) is 0. The summed E-state index contributed by atoms with van der Waals surface area (Å²) in [5.74, 6) is 1.11. The fourth-order valence-electron chi connectivity index (χ4n) is 6.48. The maximum absolute atomic E-state index is 13.0. The molecular weight excluding hydrogens is 478 g/mol. The Morgan fingerprint density at radius 1 is 1.03 bits per heavy atom. The van der Waals surface area contributed by atoms with Gasteiger partial charge in [0.15, 0.2) is 5.65 Å². The number of likely N-dealkylation sites (tertiary alicyclic amines) is 1. The van der Waals surface area contributed by atoms with E-state index in [0.717, 1.165) is 43.5 Å². The lowest BCUT2D eigenvalue weighted by molar-refractivity contribution is -0.132. The average Bonchev–Trinajstić information content (AvgIpc) is 3.55. The number of carbonyl (C=O) groups is 1. The van der Waals surface area contributed by atoms with Gasteiger partial charge >= 0.3 is 0 Å². The van der Waals surface area contributed by atoms with Gasteiger partial charge < -0.3 is 9.47 Å². The number of amides is 1. The third-order valence-corrected chi connectivity index (χ3v) is 9.89. The molecule has 1 unspecified atom stereocenters. The Labute approximate surface area is 223 Å². The van der Waals surface area contributed by atoms with Gasteiger partial charge in [-0.1, -0.05) is 51.0 Å². The van der Waals surface area contributed by atoms with Gasteiger partial charge in [0.05, 0.1) is 17.0 Å². The van der Waals surface area contributed by atoms with E-state index in [1.165, 1.54) is 23.5 Å². The van der Waals surface area contributed by atoms with E-state index in [1.54, 1.807) is 23.7 Å². The van der Waals surface area contributed by atoms with Crippen LogP contribution >= 0.6 is 11.3 Å². The van der Waals surface area contributed by atoms with Gasteiger partial charge in [0.1, 0.15) is 12.1 Å². The van der Waals surface area contributed by atoms with Crippen molar-refractivity contribution in [1.29, 1.82) is 0 Å². The molecule has 0 bridgehead atoms. The average molecular weight is 516 g/mol. The molecule has 2 aliphatic carbocycles. The smallest absolute Gasteiger partial charge is 0.242 e. The summed E-state index contributed by atoms with van der Waals surface area (Å²) >= 11 is 1.83. The Kier molecular flexibility index (Phi) is 6.09. The first-order chi connectivity index (χ1) is 17.7. The fraction of sp³-hybridized carbons (Fsp3) is 0.533. The lowest BCUT2D eigenvalue weighted by Gasteiger charge is -2.43. The Morgan fingerprint density at radius 2 is 1.78 bits per heavy atom. The van der Waals surface area contributed by atoms with Crippen molar-refractivity contribution < 1.29 is 4.79 Å². The van der Waals surface area contributed by atoms with Crippen LogP contribution < -0.4 is 0 Å². The summed E-state index contributed by atoms with van der Waals surface area (Å²) in [5.41, 5.74) is 6.49. The molecule has 1 atom stereocenters. The fourth-order valence-corrected chi connectivity index (χ4v) is 7.56. The molecule has 1 saturated heterocycles. The van der Waals surface area contributed by atoms with E-state index in [0.29, 0.717) is 18.4 Å². The van der Waals surface area contributed by atoms with Crippen LogP contribution in [0, 0.1) is 10.8 Å². The number of allylic oxidation sites excluding steroid dienone is 4. The van der Waals surface area contributed by atoms with Crippen LogP contribution in [-0.2, 0) is 11.3 Å². The number of rotatable bonds is 4. The molecule has 1 amide bonds. The minimum Gasteiger partial charge on any atom is -0.341 e. The van der Waals surface area contributed by atoms with Gasteiger partial charge in [-0.3, -0.25) is 4.79 Å². The second-order valence-electron chi connectivity index (χ2n) is 12.2. The summed E-state index contributed by atoms with van der Waals surface area (Å²) in [5, 5.41) is 3.58. The third kappa shape index (κ3) is 4.56. The molecule has 1 aliphatic heterocycles. The van der Waals surface area contributed by atoms with Crippen molar-refractivity contribution in [3.8, 4) is 0 Å². The number of piperidine rings is 1. The minimum atomic E-state index is 0.140. The normalized spacial score (nSPS) is 23.5. The molecule has 1 fully saturated rings. The van der Waals surface area contributed by atoms with Crippen molar-refractivity contribution in [2.24, 2.45) is 10.8 Å². The van der Waals surface area contributed by atoms with Crippen LogP contribution in [0.15, 0.2) is 53.3 Å². The Balaban J connectivity index is 1.08. The first-order valence-electron chi connectivity index (χ1n) is 13.6. The number of fused-ring (bicyclic) bond motifs is 1. The highest BCUT2D eigenvalue weighted by Gasteiger charge is 2.39. The minimum absolute atomic E-state index is 0.140. The number of nitrogens with zero attached hydrogens (tertiary/aromatic N) is 5. The van der Waals surface area contributed by atoms with Crippen LogP contribution in [0.25, 0.3) is 11.2 Å². The van der Waals surface area contributed by atoms with Gasteiger partial charge in [-0.15, -0.1) is 11.3 Å². The number of aromatic nitrogens is 4. The maximum atomic E-state index is 13.0. The summed E-state index contributed by atoms with van der Waals surface area (Å²) in [6.07, 6.45) is 13.8. The highest BCUT2D eigenvalue weighted by molar-refractivity contribution is 7.09. The number of hydrogen-bond donors (Lipinski definition) is 0. The van der Waals surface area contributed by atoms with Crippen LogP contribution in [0.2, 0.25) is 0 Å². The lowest BCUT2D eigenvalue weighted by atomic mass is 9.61. The lowest BCUT2D eigenvalue weighted by Crippen LogP contribution is -2.39. The van der Waals surface area contributed by atoms with E-state index >= 15 is 0 Å². The summed E-state index contributed by atoms with van der Waals surface area (Å²) in [6, 6.07) is 3.79. The van der Waals surface area contributed by atoms with Gasteiger partial charge in [-0.2, -0.15) is 0 Å². The van der Waals surface area contributed by atoms with Gasteiger partial charge in [0.2, 0.25) is 5.91 Å². The molecule has 0 radical (unpaired) electrons. The van der Waals surface area contributed by atoms with Crippen molar-refractivity contribution >= 4 is 28.4 Å². The van der Waals surface area contributed by atoms with Crippen molar-refractivity contribution in [2.45, 2.75) is 78.2 Å². The predicted molar refractivity (Wildman–Crippen MR) is 149 cm³/mol. The first-order valence-corrected chi connectivity index (χ1v) is 14.5. The van der Waals surface area contributed by atoms with Crippen LogP contribution in [-0.4, -0.2) is 43.4 Å². The maximum Gasteiger partial charge on any atom is 0.242 e. The summed E-state index contributed by atoms with van der Waals surface area (Å²) in [6.45, 7) is 11.3. The molecule has 37 heavy (non-hydrogen) atoms. The number of carbonyl (C=O) groups excluding carboxylic acids is 1. The van der Waals surface area contributed by atoms with Crippen LogP contribution in [0.1, 0.15) is 82.3 Å². The second-order valence-corrected chi connectivity index (χ2v) is 13.0. The molecule has 6 nitrogen and oxygen atoms in total. The Hall–Kier alpha value is -2.80. The molecular formula is C30H37N5OS. The Bertz CT molecular complexity index is 1390. The van der Waals surface area contributed by atoms with E-state index in [9.17, 15) is 4.79 Å². The highest BCUT2D eigenvalue weighted by Crippen LogP contribution is 2.53. The third-order valence-electron chi connectivity index (χ3n) is 8.86. The van der Waals surface area contributed by atoms with Gasteiger partial charge in [0.25, 0.3) is 0 Å². The number of imidazole rings is 1. The molecule has 0 saturated carbocycles. The van der Waals surface area contributed by atoms with Gasteiger partial charge in [-0.25, -0.2) is 15.0 Å². The molecule has 3 aromatic heterocycles. The molecule has 4 heterocycles. The van der Waals surface area contributed by atoms with E-state index in [1.807, 2.05) is 32.9 Å². The topological polar surface area (TPSA) is 63.9 Å². The zero-order chi connectivity index (χ0) is 25.8. The molecule has 0 spiro atoms. The van der Waals surface area contributed by atoms with Crippen molar-refractivity contribution in [3.63, 3.8) is 0 Å². The summed E-state index contributed by atoms with van der Waals surface area (Å²) < 4.78 is 1.85. The van der Waals surface area contributed by atoms with E-state index in [4.69, 9.17) is 4.98 Å². The molecule has 0 N–H and O–H groups in total. The molecule has 3 aliphatic rings. The predicted octanol–water partition coefficient (Wildman–Crippen LogP) is 6.48. The number of hydrogen-bond acceptors (Lipinski definition) is 5. The first kappa shape index (κ1) is 24.5. The summed E-state index contributed by atoms with van der Waals surface area (Å²) in [4.78, 5) is 28.9. The van der Waals surface area contributed by atoms with E-state index in [2.05, 4.69) is 55.2 Å². The van der Waals surface area contributed by atoms with E-state index < -0.39 is 0 Å². The molecule has 3 aromatic rings. The monoisotopic (exact) mass is 515 g/mol. The van der Waals surface area contributed by atoms with Crippen LogP contribution in [0.3, 0.4) is 0 Å². The molecule has 194 valence electrons. The largest absolute Gasteiger partial charge is 0.341 e. The Morgan fingerprint density at radius 3 is 2.57 bits per heavy atom. The van der Waals surface area contributed by atoms with Crippen LogP contribution in [0.5, 0.6) is 0 Å². The van der Waals surface area contributed by atoms with Crippen molar-refractivity contribution in [1.82, 2.24) is 24.4 Å². The molecule has 6 rings (SSSR count). The van der Waals surface area contributed by atoms with Crippen molar-refractivity contribution in [2.75, 3.05) is 13.1 Å². The zero-order valence-corrected chi connectivity index (χ0v) is 23.2. The molecule has 0 aromatic carbocycles. The SMILES string of the molecule is CC1(C)C=CC(C)(C)C2=C1CCC(c1csc(C3CCN(C(=O)Cn4cnc5cccnc54)CC3)n1)C2. The number of pyridine rings is 1. The van der Waals surface area contributed by atoms with Gasteiger partial charge in [-0.05, 0) is 44.2 Å². The zero-order valence-electron chi connectivity index (χ0n) is 22.4. The second kappa shape index (κ2) is 9.19. The van der Waals surface area contributed by atoms with Crippen molar-refractivity contribution in [3.05, 3.63) is 64.0 Å². The van der Waals surface area contributed by atoms with Gasteiger partial charge in [0, 0.05) is 47.3 Å². The standard InChI is InChI=1S/C30H37N5OS/c1-29(2)11-12-30(3,4)23-16-21(7-8-22(23)29)25-18-37-28(33-25)20-9-14-34(15-10-20)26(36)17-35-19-32-24-6-5-13-31-27(24)35/h5-6,11-13,18-21H,7-10,14-17H2,1-4H3. The number of thiazole rings is 1. The van der Waals surface area contributed by atoms with Crippen LogP contribution in [0.4, 0.5) is 0 Å². The van der Waals surface area contributed by atoms with E-state index in [-0.39, 0.29) is 16.7 Å². The highest BCUT2D eigenvalue weighted by atomic mass is 32.1.